The molecule has 0 spiro atoms. The fourth-order valence-corrected chi connectivity index (χ4v) is 3.18. The van der Waals surface area contributed by atoms with Gasteiger partial charge in [-0.05, 0) is 18.6 Å². The third kappa shape index (κ3) is 2.25. The summed E-state index contributed by atoms with van der Waals surface area (Å²) in [5, 5.41) is 3.38. The van der Waals surface area contributed by atoms with Gasteiger partial charge < -0.3 is 14.6 Å². The molecule has 1 N–H and O–H groups in total. The van der Waals surface area contributed by atoms with Gasteiger partial charge in [0.25, 0.3) is 5.91 Å². The molecule has 1 unspecified atom stereocenters. The van der Waals surface area contributed by atoms with Crippen molar-refractivity contribution in [2.45, 2.75) is 12.5 Å². The van der Waals surface area contributed by atoms with Gasteiger partial charge in [-0.15, -0.1) is 0 Å². The number of nitrogens with zero attached hydrogens (tertiary/aromatic N) is 2. The number of rotatable bonds is 2. The number of urea groups is 1. The molecular weight excluding hydrogens is 298 g/mol. The highest BCUT2D eigenvalue weighted by Gasteiger charge is 2.40. The highest BCUT2D eigenvalue weighted by atomic mass is 16.3. The molecule has 2 saturated heterocycles. The first kappa shape index (κ1) is 13.8. The van der Waals surface area contributed by atoms with Crippen molar-refractivity contribution in [3.63, 3.8) is 0 Å². The molecule has 4 amide bonds. The minimum absolute atomic E-state index is 0.0346. The second-order valence-electron chi connectivity index (χ2n) is 5.76. The van der Waals surface area contributed by atoms with Crippen LogP contribution in [-0.4, -0.2) is 53.3 Å². The fraction of sp³-hybridized carbons (Fsp3) is 0.312. The number of furan rings is 1. The van der Waals surface area contributed by atoms with E-state index in [9.17, 15) is 14.4 Å². The van der Waals surface area contributed by atoms with E-state index in [1.54, 1.807) is 11.0 Å². The van der Waals surface area contributed by atoms with E-state index in [4.69, 9.17) is 4.42 Å². The lowest BCUT2D eigenvalue weighted by Gasteiger charge is -2.21. The Bertz CT molecular complexity index is 764. The van der Waals surface area contributed by atoms with E-state index in [-0.39, 0.29) is 36.2 Å². The Hall–Kier alpha value is -2.83. The highest BCUT2D eigenvalue weighted by molar-refractivity contribution is 6.02. The summed E-state index contributed by atoms with van der Waals surface area (Å²) in [6, 6.07) is 8.51. The third-order valence-corrected chi connectivity index (χ3v) is 4.33. The minimum atomic E-state index is -0.377. The van der Waals surface area contributed by atoms with E-state index < -0.39 is 0 Å². The molecule has 2 aromatic rings. The number of carbonyl (C=O) groups excluding carboxylic acids is 3. The summed E-state index contributed by atoms with van der Waals surface area (Å²) >= 11 is 0. The molecule has 0 radical (unpaired) electrons. The second kappa shape index (κ2) is 5.12. The smallest absolute Gasteiger partial charge is 0.324 e. The monoisotopic (exact) mass is 313 g/mol. The number of likely N-dealkylation sites (tertiary alicyclic amines) is 1. The lowest BCUT2D eigenvalue weighted by molar-refractivity contribution is -0.126. The van der Waals surface area contributed by atoms with Crippen LogP contribution in [0.3, 0.4) is 0 Å². The molecule has 1 atom stereocenters. The Kier molecular flexibility index (Phi) is 3.07. The summed E-state index contributed by atoms with van der Waals surface area (Å²) in [6.07, 6.45) is 0.588. The summed E-state index contributed by atoms with van der Waals surface area (Å²) in [6.45, 7) is 0.875. The predicted molar refractivity (Wildman–Crippen MR) is 80.8 cm³/mol. The standard InChI is InChI=1S/C16H15N3O4/c20-14-8-17-16(22)19(14)11-5-6-18(9-11)15(21)13-7-10-3-1-2-4-12(10)23-13/h1-4,7,11H,5-6,8-9H2,(H,17,22). The molecule has 2 aliphatic heterocycles. The van der Waals surface area contributed by atoms with E-state index in [1.165, 1.54) is 4.90 Å². The molecule has 0 aliphatic carbocycles. The quantitative estimate of drug-likeness (QED) is 0.845. The zero-order valence-electron chi connectivity index (χ0n) is 12.3. The van der Waals surface area contributed by atoms with Crippen molar-refractivity contribution in [2.24, 2.45) is 0 Å². The van der Waals surface area contributed by atoms with Gasteiger partial charge in [-0.2, -0.15) is 0 Å². The van der Waals surface area contributed by atoms with Crippen molar-refractivity contribution in [2.75, 3.05) is 19.6 Å². The molecule has 7 nitrogen and oxygen atoms in total. The summed E-state index contributed by atoms with van der Waals surface area (Å²) < 4.78 is 5.59. The summed E-state index contributed by atoms with van der Waals surface area (Å²) in [5.41, 5.74) is 0.667. The van der Waals surface area contributed by atoms with Crippen LogP contribution in [0, 0.1) is 0 Å². The molecule has 0 bridgehead atoms. The third-order valence-electron chi connectivity index (χ3n) is 4.33. The van der Waals surface area contributed by atoms with Crippen LogP contribution >= 0.6 is 0 Å². The normalized spacial score (nSPS) is 21.3. The van der Waals surface area contributed by atoms with Gasteiger partial charge in [0.15, 0.2) is 5.76 Å². The van der Waals surface area contributed by atoms with Gasteiger partial charge in [-0.1, -0.05) is 18.2 Å². The first-order chi connectivity index (χ1) is 11.1. The first-order valence-electron chi connectivity index (χ1n) is 7.51. The predicted octanol–water partition coefficient (Wildman–Crippen LogP) is 1.20. The summed E-state index contributed by atoms with van der Waals surface area (Å²) in [4.78, 5) is 38.9. The van der Waals surface area contributed by atoms with Gasteiger partial charge >= 0.3 is 6.03 Å². The second-order valence-corrected chi connectivity index (χ2v) is 5.76. The SMILES string of the molecule is O=C(c1cc2ccccc2o1)N1CCC(N2C(=O)CNC2=O)C1. The van der Waals surface area contributed by atoms with Gasteiger partial charge in [-0.25, -0.2) is 4.79 Å². The average Bonchev–Trinajstić information content (AvgIpc) is 3.25. The topological polar surface area (TPSA) is 82.9 Å². The summed E-state index contributed by atoms with van der Waals surface area (Å²) in [5.74, 6) is -0.169. The molecule has 1 aromatic heterocycles. The van der Waals surface area contributed by atoms with Crippen molar-refractivity contribution in [1.82, 2.24) is 15.1 Å². The fourth-order valence-electron chi connectivity index (χ4n) is 3.18. The van der Waals surface area contributed by atoms with Crippen LogP contribution in [-0.2, 0) is 4.79 Å². The summed E-state index contributed by atoms with van der Waals surface area (Å²) in [7, 11) is 0. The molecule has 118 valence electrons. The Morgan fingerprint density at radius 3 is 2.83 bits per heavy atom. The van der Waals surface area contributed by atoms with E-state index in [2.05, 4.69) is 5.32 Å². The van der Waals surface area contributed by atoms with Crippen molar-refractivity contribution < 1.29 is 18.8 Å². The first-order valence-corrected chi connectivity index (χ1v) is 7.51. The number of carbonyl (C=O) groups is 3. The minimum Gasteiger partial charge on any atom is -0.451 e. The van der Waals surface area contributed by atoms with Gasteiger partial charge in [0.2, 0.25) is 5.91 Å². The van der Waals surface area contributed by atoms with Crippen LogP contribution < -0.4 is 5.32 Å². The van der Waals surface area contributed by atoms with Crippen LogP contribution in [0.4, 0.5) is 4.79 Å². The molecule has 23 heavy (non-hydrogen) atoms. The molecule has 0 saturated carbocycles. The number of fused-ring (bicyclic) bond motifs is 1. The van der Waals surface area contributed by atoms with E-state index in [0.29, 0.717) is 25.1 Å². The maximum absolute atomic E-state index is 12.6. The lowest BCUT2D eigenvalue weighted by atomic mass is 10.2. The zero-order chi connectivity index (χ0) is 16.0. The molecule has 1 aromatic carbocycles. The Morgan fingerprint density at radius 2 is 2.09 bits per heavy atom. The molecule has 3 heterocycles. The molecule has 2 aliphatic rings. The molecule has 7 heteroatoms. The van der Waals surface area contributed by atoms with Crippen molar-refractivity contribution >= 4 is 28.8 Å². The molecule has 2 fully saturated rings. The average molecular weight is 313 g/mol. The van der Waals surface area contributed by atoms with Crippen LogP contribution in [0.1, 0.15) is 17.0 Å². The Balaban J connectivity index is 1.52. The van der Waals surface area contributed by atoms with Crippen LogP contribution in [0.2, 0.25) is 0 Å². The van der Waals surface area contributed by atoms with Gasteiger partial charge in [0.1, 0.15) is 5.58 Å². The van der Waals surface area contributed by atoms with Gasteiger partial charge in [0, 0.05) is 18.5 Å². The number of imide groups is 1. The van der Waals surface area contributed by atoms with E-state index >= 15 is 0 Å². The van der Waals surface area contributed by atoms with Crippen LogP contribution in [0.5, 0.6) is 0 Å². The number of nitrogens with one attached hydrogen (secondary N) is 1. The molecular formula is C16H15N3O4. The highest BCUT2D eigenvalue weighted by Crippen LogP contribution is 2.23. The molecule has 4 rings (SSSR count). The van der Waals surface area contributed by atoms with Gasteiger partial charge in [-0.3, -0.25) is 14.5 Å². The van der Waals surface area contributed by atoms with Crippen LogP contribution in [0.25, 0.3) is 11.0 Å². The van der Waals surface area contributed by atoms with Crippen LogP contribution in [0.15, 0.2) is 34.7 Å². The van der Waals surface area contributed by atoms with Crippen molar-refractivity contribution in [3.05, 3.63) is 36.1 Å². The van der Waals surface area contributed by atoms with Crippen molar-refractivity contribution in [3.8, 4) is 0 Å². The van der Waals surface area contributed by atoms with Gasteiger partial charge in [0.05, 0.1) is 12.6 Å². The van der Waals surface area contributed by atoms with E-state index in [1.807, 2.05) is 24.3 Å². The number of para-hydroxylation sites is 1. The maximum Gasteiger partial charge on any atom is 0.324 e. The Morgan fingerprint density at radius 1 is 1.26 bits per heavy atom. The Labute approximate surface area is 131 Å². The van der Waals surface area contributed by atoms with Crippen molar-refractivity contribution in [1.29, 1.82) is 0 Å². The number of hydrogen-bond acceptors (Lipinski definition) is 4. The largest absolute Gasteiger partial charge is 0.451 e. The maximum atomic E-state index is 12.6. The zero-order valence-corrected chi connectivity index (χ0v) is 12.3. The number of benzene rings is 1. The number of hydrogen-bond donors (Lipinski definition) is 1. The van der Waals surface area contributed by atoms with E-state index in [0.717, 1.165) is 5.39 Å². The lowest BCUT2D eigenvalue weighted by Crippen LogP contribution is -2.42. The number of amides is 4.